The molecule has 0 saturated carbocycles. The van der Waals surface area contributed by atoms with E-state index in [0.717, 1.165) is 22.6 Å². The van der Waals surface area contributed by atoms with Crippen molar-refractivity contribution in [1.82, 2.24) is 9.97 Å². The van der Waals surface area contributed by atoms with Crippen LogP contribution < -0.4 is 0 Å². The number of hydrogen-bond acceptors (Lipinski definition) is 2. The lowest BCUT2D eigenvalue weighted by Gasteiger charge is -2.06. The van der Waals surface area contributed by atoms with Gasteiger partial charge in [0.2, 0.25) is 0 Å². The maximum absolute atomic E-state index is 4.56. The van der Waals surface area contributed by atoms with E-state index in [4.69, 9.17) is 0 Å². The molecule has 0 atom stereocenters. The van der Waals surface area contributed by atoms with Gasteiger partial charge in [-0.15, -0.1) is 0 Å². The van der Waals surface area contributed by atoms with Gasteiger partial charge in [0.05, 0.1) is 5.69 Å². The third kappa shape index (κ3) is 1.89. The summed E-state index contributed by atoms with van der Waals surface area (Å²) in [7, 11) is 0. The fraction of sp³-hybridized carbons (Fsp3) is 0.231. The lowest BCUT2D eigenvalue weighted by atomic mass is 10.1. The van der Waals surface area contributed by atoms with Gasteiger partial charge in [0, 0.05) is 23.1 Å². The van der Waals surface area contributed by atoms with Crippen molar-refractivity contribution in [3.8, 4) is 11.3 Å². The van der Waals surface area contributed by atoms with E-state index in [-0.39, 0.29) is 0 Å². The van der Waals surface area contributed by atoms with Crippen LogP contribution >= 0.6 is 0 Å². The van der Waals surface area contributed by atoms with Gasteiger partial charge < -0.3 is 0 Å². The van der Waals surface area contributed by atoms with Crippen molar-refractivity contribution in [3.05, 3.63) is 47.4 Å². The highest BCUT2D eigenvalue weighted by molar-refractivity contribution is 5.61. The second-order valence-corrected chi connectivity index (χ2v) is 3.74. The molecule has 0 aliphatic heterocycles. The Morgan fingerprint density at radius 3 is 2.40 bits per heavy atom. The average Bonchev–Trinajstić information content (AvgIpc) is 2.23. The van der Waals surface area contributed by atoms with Crippen molar-refractivity contribution in [1.29, 1.82) is 0 Å². The van der Waals surface area contributed by atoms with Crippen LogP contribution in [0.25, 0.3) is 11.3 Å². The topological polar surface area (TPSA) is 25.8 Å². The molecule has 0 unspecified atom stereocenters. The zero-order chi connectivity index (χ0) is 10.8. The van der Waals surface area contributed by atoms with Crippen LogP contribution in [0.15, 0.2) is 30.5 Å². The Morgan fingerprint density at radius 2 is 1.73 bits per heavy atom. The molecule has 2 heterocycles. The smallest absolute Gasteiger partial charge is 0.0723 e. The Hall–Kier alpha value is -1.70. The second kappa shape index (κ2) is 3.81. The Morgan fingerprint density at radius 1 is 0.933 bits per heavy atom. The molecule has 0 N–H and O–H groups in total. The number of rotatable bonds is 1. The van der Waals surface area contributed by atoms with Crippen LogP contribution in [0.5, 0.6) is 0 Å². The summed E-state index contributed by atoms with van der Waals surface area (Å²) >= 11 is 0. The second-order valence-electron chi connectivity index (χ2n) is 3.74. The van der Waals surface area contributed by atoms with Gasteiger partial charge in [-0.25, -0.2) is 0 Å². The quantitative estimate of drug-likeness (QED) is 0.703. The van der Waals surface area contributed by atoms with Gasteiger partial charge in [-0.05, 0) is 44.5 Å². The summed E-state index contributed by atoms with van der Waals surface area (Å²) in [6.45, 7) is 6.11. The summed E-state index contributed by atoms with van der Waals surface area (Å²) in [5.74, 6) is 0. The molecule has 0 aromatic carbocycles. The first kappa shape index (κ1) is 9.84. The molecule has 15 heavy (non-hydrogen) atoms. The SMILES string of the molecule is Cc1ccc(-c2cccnc2C)nc1C. The van der Waals surface area contributed by atoms with Crippen LogP contribution in [0.1, 0.15) is 17.0 Å². The summed E-state index contributed by atoms with van der Waals surface area (Å²) in [6.07, 6.45) is 1.81. The van der Waals surface area contributed by atoms with Crippen LogP contribution in [0.4, 0.5) is 0 Å². The van der Waals surface area contributed by atoms with E-state index in [1.807, 2.05) is 26.0 Å². The molecule has 0 aliphatic carbocycles. The molecule has 2 aromatic heterocycles. The maximum atomic E-state index is 4.56. The Balaban J connectivity index is 2.55. The van der Waals surface area contributed by atoms with Gasteiger partial charge >= 0.3 is 0 Å². The molecular formula is C13H14N2. The first-order valence-electron chi connectivity index (χ1n) is 5.05. The first-order valence-corrected chi connectivity index (χ1v) is 5.05. The molecule has 0 fully saturated rings. The Labute approximate surface area is 90.0 Å². The third-order valence-electron chi connectivity index (χ3n) is 2.63. The van der Waals surface area contributed by atoms with Gasteiger partial charge in [-0.3, -0.25) is 9.97 Å². The number of nitrogens with zero attached hydrogens (tertiary/aromatic N) is 2. The van der Waals surface area contributed by atoms with E-state index >= 15 is 0 Å². The molecule has 2 aromatic rings. The maximum Gasteiger partial charge on any atom is 0.0723 e. The molecular weight excluding hydrogens is 184 g/mol. The Bertz CT molecular complexity index is 490. The zero-order valence-corrected chi connectivity index (χ0v) is 9.28. The lowest BCUT2D eigenvalue weighted by Crippen LogP contribution is -1.93. The summed E-state index contributed by atoms with van der Waals surface area (Å²) in [5.41, 5.74) is 5.44. The molecule has 0 spiro atoms. The van der Waals surface area contributed by atoms with Crippen LogP contribution in [-0.4, -0.2) is 9.97 Å². The van der Waals surface area contributed by atoms with E-state index in [1.165, 1.54) is 5.56 Å². The molecule has 2 heteroatoms. The molecule has 0 amide bonds. The minimum Gasteiger partial charge on any atom is -0.261 e. The van der Waals surface area contributed by atoms with E-state index in [2.05, 4.69) is 29.0 Å². The Kier molecular flexibility index (Phi) is 2.50. The van der Waals surface area contributed by atoms with Crippen molar-refractivity contribution in [2.24, 2.45) is 0 Å². The zero-order valence-electron chi connectivity index (χ0n) is 9.28. The predicted octanol–water partition coefficient (Wildman–Crippen LogP) is 3.07. The van der Waals surface area contributed by atoms with Crippen LogP contribution in [0.3, 0.4) is 0 Å². The fourth-order valence-corrected chi connectivity index (χ4v) is 1.54. The summed E-state index contributed by atoms with van der Waals surface area (Å²) in [6, 6.07) is 8.15. The standard InChI is InChI=1S/C13H14N2/c1-9-6-7-13(15-10(9)2)12-5-4-8-14-11(12)3/h4-8H,1-3H3. The van der Waals surface area contributed by atoms with Crippen molar-refractivity contribution < 1.29 is 0 Å². The van der Waals surface area contributed by atoms with Crippen LogP contribution in [0, 0.1) is 20.8 Å². The number of pyridine rings is 2. The minimum absolute atomic E-state index is 1.00. The summed E-state index contributed by atoms with van der Waals surface area (Å²) < 4.78 is 0. The normalized spacial score (nSPS) is 10.3. The summed E-state index contributed by atoms with van der Waals surface area (Å²) in [4.78, 5) is 8.83. The highest BCUT2D eigenvalue weighted by Gasteiger charge is 2.04. The van der Waals surface area contributed by atoms with Gasteiger partial charge in [0.1, 0.15) is 0 Å². The summed E-state index contributed by atoms with van der Waals surface area (Å²) in [5, 5.41) is 0. The van der Waals surface area contributed by atoms with Crippen LogP contribution in [-0.2, 0) is 0 Å². The molecule has 2 rings (SSSR count). The third-order valence-corrected chi connectivity index (χ3v) is 2.63. The van der Waals surface area contributed by atoms with Gasteiger partial charge in [0.15, 0.2) is 0 Å². The van der Waals surface area contributed by atoms with Gasteiger partial charge in [0.25, 0.3) is 0 Å². The van der Waals surface area contributed by atoms with Crippen molar-refractivity contribution >= 4 is 0 Å². The van der Waals surface area contributed by atoms with Crippen LogP contribution in [0.2, 0.25) is 0 Å². The van der Waals surface area contributed by atoms with E-state index in [1.54, 1.807) is 6.20 Å². The fourth-order valence-electron chi connectivity index (χ4n) is 1.54. The van der Waals surface area contributed by atoms with E-state index in [9.17, 15) is 0 Å². The number of aromatic nitrogens is 2. The molecule has 0 saturated heterocycles. The predicted molar refractivity (Wildman–Crippen MR) is 61.7 cm³/mol. The van der Waals surface area contributed by atoms with Gasteiger partial charge in [-0.1, -0.05) is 6.07 Å². The average molecular weight is 198 g/mol. The molecule has 2 nitrogen and oxygen atoms in total. The van der Waals surface area contributed by atoms with Crippen molar-refractivity contribution in [2.45, 2.75) is 20.8 Å². The highest BCUT2D eigenvalue weighted by Crippen LogP contribution is 2.20. The van der Waals surface area contributed by atoms with Gasteiger partial charge in [-0.2, -0.15) is 0 Å². The number of hydrogen-bond donors (Lipinski definition) is 0. The van der Waals surface area contributed by atoms with E-state index in [0.29, 0.717) is 0 Å². The monoisotopic (exact) mass is 198 g/mol. The first-order chi connectivity index (χ1) is 7.18. The van der Waals surface area contributed by atoms with E-state index < -0.39 is 0 Å². The lowest BCUT2D eigenvalue weighted by molar-refractivity contribution is 1.13. The molecule has 76 valence electrons. The minimum atomic E-state index is 1.00. The van der Waals surface area contributed by atoms with Crippen molar-refractivity contribution in [3.63, 3.8) is 0 Å². The molecule has 0 bridgehead atoms. The molecule has 0 radical (unpaired) electrons. The molecule has 0 aliphatic rings. The number of aryl methyl sites for hydroxylation is 3. The van der Waals surface area contributed by atoms with Crippen molar-refractivity contribution in [2.75, 3.05) is 0 Å². The largest absolute Gasteiger partial charge is 0.261 e. The highest BCUT2D eigenvalue weighted by atomic mass is 14.7.